The summed E-state index contributed by atoms with van der Waals surface area (Å²) in [5, 5.41) is 0. The third-order valence-corrected chi connectivity index (χ3v) is 3.38. The SMILES string of the molecule is CC(=O)N(C)C(C)Cc1ccn2cc(F)ccc12. The molecular formula is C14H17FN2O. The van der Waals surface area contributed by atoms with Crippen LogP contribution < -0.4 is 0 Å². The fourth-order valence-electron chi connectivity index (χ4n) is 2.08. The van der Waals surface area contributed by atoms with Crippen molar-refractivity contribution in [1.82, 2.24) is 9.30 Å². The van der Waals surface area contributed by atoms with Gasteiger partial charge in [-0.2, -0.15) is 0 Å². The Morgan fingerprint density at radius 1 is 1.44 bits per heavy atom. The summed E-state index contributed by atoms with van der Waals surface area (Å²) in [7, 11) is 1.80. The Balaban J connectivity index is 2.24. The number of halogens is 1. The molecule has 3 nitrogen and oxygen atoms in total. The molecule has 96 valence electrons. The van der Waals surface area contributed by atoms with Crippen molar-refractivity contribution < 1.29 is 9.18 Å². The second kappa shape index (κ2) is 4.80. The molecule has 2 heterocycles. The highest BCUT2D eigenvalue weighted by molar-refractivity contribution is 5.73. The number of aromatic nitrogens is 1. The molecule has 0 aliphatic heterocycles. The van der Waals surface area contributed by atoms with E-state index in [1.807, 2.05) is 19.2 Å². The first-order valence-electron chi connectivity index (χ1n) is 5.97. The average Bonchev–Trinajstić information content (AvgIpc) is 2.70. The molecule has 4 heteroatoms. The Hall–Kier alpha value is -1.84. The van der Waals surface area contributed by atoms with Crippen LogP contribution in [0.5, 0.6) is 0 Å². The quantitative estimate of drug-likeness (QED) is 0.819. The minimum atomic E-state index is -0.251. The van der Waals surface area contributed by atoms with E-state index in [1.54, 1.807) is 29.3 Å². The Morgan fingerprint density at radius 2 is 2.17 bits per heavy atom. The maximum absolute atomic E-state index is 13.1. The zero-order valence-electron chi connectivity index (χ0n) is 10.9. The van der Waals surface area contributed by atoms with Crippen LogP contribution in [-0.4, -0.2) is 28.3 Å². The van der Waals surface area contributed by atoms with Gasteiger partial charge in [0.05, 0.1) is 0 Å². The van der Waals surface area contributed by atoms with Crippen LogP contribution in [0.15, 0.2) is 30.6 Å². The fraction of sp³-hybridized carbons (Fsp3) is 0.357. The van der Waals surface area contributed by atoms with Gasteiger partial charge in [-0.1, -0.05) is 0 Å². The summed E-state index contributed by atoms with van der Waals surface area (Å²) >= 11 is 0. The zero-order valence-corrected chi connectivity index (χ0v) is 10.9. The zero-order chi connectivity index (χ0) is 13.3. The average molecular weight is 248 g/mol. The van der Waals surface area contributed by atoms with Gasteiger partial charge in [0.25, 0.3) is 0 Å². The van der Waals surface area contributed by atoms with Crippen molar-refractivity contribution in [2.24, 2.45) is 0 Å². The van der Waals surface area contributed by atoms with Crippen LogP contribution >= 0.6 is 0 Å². The van der Waals surface area contributed by atoms with Gasteiger partial charge in [-0.05, 0) is 37.1 Å². The topological polar surface area (TPSA) is 24.7 Å². The van der Waals surface area contributed by atoms with E-state index in [-0.39, 0.29) is 17.8 Å². The number of fused-ring (bicyclic) bond motifs is 1. The van der Waals surface area contributed by atoms with E-state index in [9.17, 15) is 9.18 Å². The number of rotatable bonds is 3. The standard InChI is InChI=1S/C14H17FN2O/c1-10(16(3)11(2)18)8-12-6-7-17-9-13(15)4-5-14(12)17/h4-7,9-10H,8H2,1-3H3. The third kappa shape index (κ3) is 2.37. The Bertz CT molecular complexity index is 576. The van der Waals surface area contributed by atoms with Gasteiger partial charge in [-0.3, -0.25) is 4.79 Å². The minimum Gasteiger partial charge on any atom is -0.343 e. The summed E-state index contributed by atoms with van der Waals surface area (Å²) in [5.74, 6) is -0.199. The largest absolute Gasteiger partial charge is 0.343 e. The Kier molecular flexibility index (Phi) is 3.36. The van der Waals surface area contributed by atoms with Gasteiger partial charge >= 0.3 is 0 Å². The molecule has 2 rings (SSSR count). The molecule has 0 fully saturated rings. The highest BCUT2D eigenvalue weighted by Gasteiger charge is 2.14. The maximum Gasteiger partial charge on any atom is 0.219 e. The molecule has 0 aliphatic carbocycles. The van der Waals surface area contributed by atoms with Crippen LogP contribution in [0, 0.1) is 5.82 Å². The van der Waals surface area contributed by atoms with Gasteiger partial charge in [-0.15, -0.1) is 0 Å². The van der Waals surface area contributed by atoms with Gasteiger partial charge in [0.15, 0.2) is 0 Å². The number of amides is 1. The van der Waals surface area contributed by atoms with Crippen molar-refractivity contribution in [3.05, 3.63) is 42.0 Å². The Morgan fingerprint density at radius 3 is 2.83 bits per heavy atom. The third-order valence-electron chi connectivity index (χ3n) is 3.38. The molecule has 1 unspecified atom stereocenters. The van der Waals surface area contributed by atoms with Crippen molar-refractivity contribution in [3.8, 4) is 0 Å². The molecule has 0 N–H and O–H groups in total. The number of carbonyl (C=O) groups is 1. The maximum atomic E-state index is 13.1. The van der Waals surface area contributed by atoms with E-state index >= 15 is 0 Å². The summed E-state index contributed by atoms with van der Waals surface area (Å²) in [6.07, 6.45) is 4.06. The number of hydrogen-bond donors (Lipinski definition) is 0. The van der Waals surface area contributed by atoms with Gasteiger partial charge in [0.1, 0.15) is 5.82 Å². The monoisotopic (exact) mass is 248 g/mol. The van der Waals surface area contributed by atoms with Gasteiger partial charge in [-0.25, -0.2) is 4.39 Å². The predicted molar refractivity (Wildman–Crippen MR) is 69.0 cm³/mol. The second-order valence-electron chi connectivity index (χ2n) is 4.66. The molecule has 1 amide bonds. The molecule has 1 atom stereocenters. The molecule has 0 saturated carbocycles. The lowest BCUT2D eigenvalue weighted by molar-refractivity contribution is -0.129. The van der Waals surface area contributed by atoms with Crippen molar-refractivity contribution >= 4 is 11.4 Å². The molecule has 0 aromatic carbocycles. The van der Waals surface area contributed by atoms with Crippen molar-refractivity contribution in [2.75, 3.05) is 7.05 Å². The van der Waals surface area contributed by atoms with Crippen LogP contribution in [0.25, 0.3) is 5.52 Å². The molecule has 0 aliphatic rings. The first-order valence-corrected chi connectivity index (χ1v) is 5.97. The van der Waals surface area contributed by atoms with Crippen molar-refractivity contribution in [1.29, 1.82) is 0 Å². The van der Waals surface area contributed by atoms with Gasteiger partial charge in [0.2, 0.25) is 5.91 Å². The first-order chi connectivity index (χ1) is 8.49. The van der Waals surface area contributed by atoms with Crippen molar-refractivity contribution in [3.63, 3.8) is 0 Å². The number of likely N-dealkylation sites (N-methyl/N-ethyl adjacent to an activating group) is 1. The summed E-state index contributed by atoms with van der Waals surface area (Å²) in [6, 6.07) is 5.32. The van der Waals surface area contributed by atoms with Crippen LogP contribution in [0.3, 0.4) is 0 Å². The molecule has 0 saturated heterocycles. The van der Waals surface area contributed by atoms with Gasteiger partial charge in [0, 0.05) is 37.9 Å². The first kappa shape index (κ1) is 12.6. The van der Waals surface area contributed by atoms with E-state index in [0.717, 1.165) is 17.5 Å². The van der Waals surface area contributed by atoms with Crippen LogP contribution in [0.4, 0.5) is 4.39 Å². The molecule has 18 heavy (non-hydrogen) atoms. The lowest BCUT2D eigenvalue weighted by Gasteiger charge is -2.23. The number of hydrogen-bond acceptors (Lipinski definition) is 1. The van der Waals surface area contributed by atoms with Crippen LogP contribution in [0.1, 0.15) is 19.4 Å². The van der Waals surface area contributed by atoms with E-state index in [1.165, 1.54) is 12.3 Å². The predicted octanol–water partition coefficient (Wildman–Crippen LogP) is 2.49. The van der Waals surface area contributed by atoms with Crippen LogP contribution in [0.2, 0.25) is 0 Å². The minimum absolute atomic E-state index is 0.0528. The highest BCUT2D eigenvalue weighted by atomic mass is 19.1. The lowest BCUT2D eigenvalue weighted by Crippen LogP contribution is -2.34. The molecule has 0 spiro atoms. The molecule has 0 bridgehead atoms. The van der Waals surface area contributed by atoms with E-state index < -0.39 is 0 Å². The Labute approximate surface area is 106 Å². The van der Waals surface area contributed by atoms with E-state index in [0.29, 0.717) is 0 Å². The number of pyridine rings is 1. The number of carbonyl (C=O) groups excluding carboxylic acids is 1. The summed E-state index contributed by atoms with van der Waals surface area (Å²) < 4.78 is 14.8. The summed E-state index contributed by atoms with van der Waals surface area (Å²) in [4.78, 5) is 13.0. The molecule has 0 radical (unpaired) electrons. The van der Waals surface area contributed by atoms with Gasteiger partial charge < -0.3 is 9.30 Å². The molecule has 2 aromatic rings. The smallest absolute Gasteiger partial charge is 0.219 e. The summed E-state index contributed by atoms with van der Waals surface area (Å²) in [5.41, 5.74) is 2.11. The highest BCUT2D eigenvalue weighted by Crippen LogP contribution is 2.17. The fourth-order valence-corrected chi connectivity index (χ4v) is 2.08. The molecular weight excluding hydrogens is 231 g/mol. The summed E-state index contributed by atoms with van der Waals surface area (Å²) in [6.45, 7) is 3.57. The van der Waals surface area contributed by atoms with E-state index in [4.69, 9.17) is 0 Å². The molecule has 2 aromatic heterocycles. The normalized spacial score (nSPS) is 12.7. The lowest BCUT2D eigenvalue weighted by atomic mass is 10.1. The van der Waals surface area contributed by atoms with Crippen LogP contribution in [-0.2, 0) is 11.2 Å². The van der Waals surface area contributed by atoms with E-state index in [2.05, 4.69) is 0 Å². The number of nitrogens with zero attached hydrogens (tertiary/aromatic N) is 2. The second-order valence-corrected chi connectivity index (χ2v) is 4.66. The van der Waals surface area contributed by atoms with Crippen molar-refractivity contribution in [2.45, 2.75) is 26.3 Å².